The fourth-order valence-corrected chi connectivity index (χ4v) is 2.41. The largest absolute Gasteiger partial charge is 0.364 e. The lowest BCUT2D eigenvalue weighted by atomic mass is 10.2. The number of nitro groups is 1. The van der Waals surface area contributed by atoms with Crippen LogP contribution in [0, 0.1) is 10.1 Å². The van der Waals surface area contributed by atoms with Gasteiger partial charge in [0.15, 0.2) is 0 Å². The van der Waals surface area contributed by atoms with Crippen molar-refractivity contribution in [3.8, 4) is 0 Å². The molecule has 0 saturated heterocycles. The Hall–Kier alpha value is -1.44. The fourth-order valence-electron chi connectivity index (χ4n) is 1.79. The van der Waals surface area contributed by atoms with Gasteiger partial charge in [0.2, 0.25) is 5.82 Å². The molecule has 0 bridgehead atoms. The molecule has 0 saturated carbocycles. The molecule has 8 heteroatoms. The maximum Gasteiger partial charge on any atom is 0.333 e. The van der Waals surface area contributed by atoms with E-state index in [1.165, 1.54) is 4.68 Å². The van der Waals surface area contributed by atoms with E-state index < -0.39 is 15.7 Å². The van der Waals surface area contributed by atoms with E-state index in [9.17, 15) is 14.3 Å². The molecule has 7 nitrogen and oxygen atoms in total. The molecule has 1 aromatic rings. The molecule has 1 rings (SSSR count). The van der Waals surface area contributed by atoms with Crippen molar-refractivity contribution in [1.82, 2.24) is 9.78 Å². The van der Waals surface area contributed by atoms with Crippen LogP contribution in [0.4, 0.5) is 11.5 Å². The van der Waals surface area contributed by atoms with Crippen LogP contribution in [0.1, 0.15) is 26.0 Å². The number of rotatable bonds is 8. The molecule has 0 aliphatic rings. The van der Waals surface area contributed by atoms with Crippen molar-refractivity contribution in [2.75, 3.05) is 23.4 Å². The zero-order chi connectivity index (χ0) is 14.4. The van der Waals surface area contributed by atoms with Crippen LogP contribution in [0.5, 0.6) is 0 Å². The molecule has 108 valence electrons. The van der Waals surface area contributed by atoms with Gasteiger partial charge in [-0.05, 0) is 6.42 Å². The second-order valence-corrected chi connectivity index (χ2v) is 6.00. The van der Waals surface area contributed by atoms with Crippen LogP contribution in [0.3, 0.4) is 0 Å². The SMILES string of the molecule is CCCc1nn(C)c(NCCS(=O)CC)c1[N+](=O)[O-]. The summed E-state index contributed by atoms with van der Waals surface area (Å²) >= 11 is 0. The molecular formula is C11H20N4O3S. The van der Waals surface area contributed by atoms with E-state index in [2.05, 4.69) is 10.4 Å². The first kappa shape index (κ1) is 15.6. The number of aromatic nitrogens is 2. The van der Waals surface area contributed by atoms with Gasteiger partial charge in [0.25, 0.3) is 0 Å². The van der Waals surface area contributed by atoms with E-state index in [1.54, 1.807) is 7.05 Å². The van der Waals surface area contributed by atoms with Crippen molar-refractivity contribution in [1.29, 1.82) is 0 Å². The van der Waals surface area contributed by atoms with Gasteiger partial charge in [-0.1, -0.05) is 20.3 Å². The highest BCUT2D eigenvalue weighted by molar-refractivity contribution is 7.84. The minimum Gasteiger partial charge on any atom is -0.364 e. The monoisotopic (exact) mass is 288 g/mol. The molecule has 0 spiro atoms. The first-order chi connectivity index (χ1) is 9.01. The minimum absolute atomic E-state index is 0.0339. The molecule has 1 N–H and O–H groups in total. The number of nitrogens with zero attached hydrogens (tertiary/aromatic N) is 3. The summed E-state index contributed by atoms with van der Waals surface area (Å²) in [5, 5.41) is 18.3. The van der Waals surface area contributed by atoms with E-state index in [0.717, 1.165) is 6.42 Å². The van der Waals surface area contributed by atoms with Gasteiger partial charge < -0.3 is 5.32 Å². The summed E-state index contributed by atoms with van der Waals surface area (Å²) in [6.07, 6.45) is 1.38. The lowest BCUT2D eigenvalue weighted by Gasteiger charge is -2.05. The fraction of sp³-hybridized carbons (Fsp3) is 0.727. The first-order valence-corrected chi connectivity index (χ1v) is 7.79. The lowest BCUT2D eigenvalue weighted by molar-refractivity contribution is -0.384. The summed E-state index contributed by atoms with van der Waals surface area (Å²) in [7, 11) is 0.789. The maximum absolute atomic E-state index is 11.3. The standard InChI is InChI=1S/C11H20N4O3S/c1-4-6-9-10(15(16)17)11(14(3)13-9)12-7-8-19(18)5-2/h12H,4-8H2,1-3H3. The highest BCUT2D eigenvalue weighted by Crippen LogP contribution is 2.28. The van der Waals surface area contributed by atoms with Crippen LogP contribution in [-0.4, -0.2) is 37.0 Å². The Balaban J connectivity index is 2.86. The van der Waals surface area contributed by atoms with E-state index in [0.29, 0.717) is 36.0 Å². The van der Waals surface area contributed by atoms with Gasteiger partial charge >= 0.3 is 5.69 Å². The number of hydrogen-bond acceptors (Lipinski definition) is 5. The summed E-state index contributed by atoms with van der Waals surface area (Å²) in [5.41, 5.74) is 0.528. The molecule has 0 amide bonds. The van der Waals surface area contributed by atoms with Gasteiger partial charge in [-0.2, -0.15) is 5.10 Å². The normalized spacial score (nSPS) is 12.4. The van der Waals surface area contributed by atoms with Crippen LogP contribution < -0.4 is 5.32 Å². The van der Waals surface area contributed by atoms with Gasteiger partial charge in [0.05, 0.1) is 4.92 Å². The van der Waals surface area contributed by atoms with E-state index >= 15 is 0 Å². The smallest absolute Gasteiger partial charge is 0.333 e. The third kappa shape index (κ3) is 4.02. The minimum atomic E-state index is -0.883. The third-order valence-corrected chi connectivity index (χ3v) is 4.01. The number of anilines is 1. The molecular weight excluding hydrogens is 268 g/mol. The third-order valence-electron chi connectivity index (χ3n) is 2.71. The molecule has 0 fully saturated rings. The van der Waals surface area contributed by atoms with Gasteiger partial charge in [-0.3, -0.25) is 14.3 Å². The van der Waals surface area contributed by atoms with Crippen molar-refractivity contribution in [2.45, 2.75) is 26.7 Å². The quantitative estimate of drug-likeness (QED) is 0.577. The van der Waals surface area contributed by atoms with Crippen LogP contribution >= 0.6 is 0 Å². The van der Waals surface area contributed by atoms with Crippen molar-refractivity contribution < 1.29 is 9.13 Å². The molecule has 0 aliphatic heterocycles. The molecule has 1 unspecified atom stereocenters. The number of aryl methyl sites for hydroxylation is 2. The first-order valence-electron chi connectivity index (χ1n) is 6.30. The van der Waals surface area contributed by atoms with Crippen molar-refractivity contribution in [2.24, 2.45) is 7.05 Å². The van der Waals surface area contributed by atoms with Crippen LogP contribution in [0.25, 0.3) is 0 Å². The van der Waals surface area contributed by atoms with Crippen LogP contribution in [-0.2, 0) is 24.3 Å². The second-order valence-electron chi connectivity index (χ2n) is 4.13. The topological polar surface area (TPSA) is 90.1 Å². The zero-order valence-corrected chi connectivity index (χ0v) is 12.3. The highest BCUT2D eigenvalue weighted by atomic mass is 32.2. The Morgan fingerprint density at radius 3 is 2.68 bits per heavy atom. The van der Waals surface area contributed by atoms with Gasteiger partial charge in [0, 0.05) is 35.9 Å². The predicted octanol–water partition coefficient (Wildman–Crippen LogP) is 1.46. The summed E-state index contributed by atoms with van der Waals surface area (Å²) in [5.74, 6) is 1.46. The molecule has 0 radical (unpaired) electrons. The molecule has 1 aromatic heterocycles. The van der Waals surface area contributed by atoms with E-state index in [4.69, 9.17) is 0 Å². The molecule has 0 aliphatic carbocycles. The number of nitrogens with one attached hydrogen (secondary N) is 1. The zero-order valence-electron chi connectivity index (χ0n) is 11.5. The van der Waals surface area contributed by atoms with Crippen LogP contribution in [0.2, 0.25) is 0 Å². The van der Waals surface area contributed by atoms with Crippen LogP contribution in [0.15, 0.2) is 0 Å². The Bertz CT molecular complexity index is 473. The molecule has 19 heavy (non-hydrogen) atoms. The second kappa shape index (κ2) is 7.22. The Morgan fingerprint density at radius 2 is 2.16 bits per heavy atom. The summed E-state index contributed by atoms with van der Waals surface area (Å²) in [4.78, 5) is 10.7. The number of hydrogen-bond donors (Lipinski definition) is 1. The van der Waals surface area contributed by atoms with Gasteiger partial charge in [0.1, 0.15) is 5.69 Å². The van der Waals surface area contributed by atoms with Crippen molar-refractivity contribution >= 4 is 22.3 Å². The average Bonchev–Trinajstić information content (AvgIpc) is 2.66. The Labute approximate surface area is 115 Å². The van der Waals surface area contributed by atoms with Crippen molar-refractivity contribution in [3.63, 3.8) is 0 Å². The average molecular weight is 288 g/mol. The highest BCUT2D eigenvalue weighted by Gasteiger charge is 2.25. The summed E-state index contributed by atoms with van der Waals surface area (Å²) in [6, 6.07) is 0. The lowest BCUT2D eigenvalue weighted by Crippen LogP contribution is -2.14. The Kier molecular flexibility index (Phi) is 5.94. The van der Waals surface area contributed by atoms with Gasteiger partial charge in [-0.15, -0.1) is 0 Å². The Morgan fingerprint density at radius 1 is 1.47 bits per heavy atom. The maximum atomic E-state index is 11.3. The van der Waals surface area contributed by atoms with E-state index in [1.807, 2.05) is 13.8 Å². The van der Waals surface area contributed by atoms with Gasteiger partial charge in [-0.25, -0.2) is 4.68 Å². The molecule has 1 atom stereocenters. The summed E-state index contributed by atoms with van der Waals surface area (Å²) in [6.45, 7) is 4.24. The van der Waals surface area contributed by atoms with E-state index in [-0.39, 0.29) is 5.69 Å². The predicted molar refractivity (Wildman–Crippen MR) is 75.9 cm³/mol. The molecule has 0 aromatic carbocycles. The van der Waals surface area contributed by atoms with Crippen molar-refractivity contribution in [3.05, 3.63) is 15.8 Å². The summed E-state index contributed by atoms with van der Waals surface area (Å²) < 4.78 is 12.8. The molecule has 1 heterocycles.